The van der Waals surface area contributed by atoms with Gasteiger partial charge in [0, 0.05) is 44.0 Å². The number of hydrogen-bond acceptors (Lipinski definition) is 7. The number of carbonyl (C=O) groups excluding carboxylic acids is 1. The lowest BCUT2D eigenvalue weighted by molar-refractivity contribution is 0.0639. The van der Waals surface area contributed by atoms with Gasteiger partial charge in [0.2, 0.25) is 12.7 Å². The van der Waals surface area contributed by atoms with Crippen molar-refractivity contribution in [3.8, 4) is 34.5 Å². The van der Waals surface area contributed by atoms with Crippen molar-refractivity contribution in [2.24, 2.45) is 0 Å². The zero-order valence-electron chi connectivity index (χ0n) is 18.8. The predicted molar refractivity (Wildman–Crippen MR) is 123 cm³/mol. The van der Waals surface area contributed by atoms with Crippen molar-refractivity contribution in [2.75, 3.05) is 39.5 Å². The summed E-state index contributed by atoms with van der Waals surface area (Å²) in [5, 5.41) is 0. The van der Waals surface area contributed by atoms with Gasteiger partial charge in [0.05, 0.1) is 0 Å². The summed E-state index contributed by atoms with van der Waals surface area (Å²) < 4.78 is 17.0. The lowest BCUT2D eigenvalue weighted by atomic mass is 10.1. The molecule has 2 aliphatic rings. The first-order valence-electron chi connectivity index (χ1n) is 11.1. The molecule has 0 N–H and O–H groups in total. The Balaban J connectivity index is 1.48. The van der Waals surface area contributed by atoms with Crippen LogP contribution < -0.4 is 14.2 Å². The minimum atomic E-state index is -0.128. The van der Waals surface area contributed by atoms with E-state index < -0.39 is 0 Å². The van der Waals surface area contributed by atoms with Gasteiger partial charge in [0.15, 0.2) is 17.3 Å². The molecule has 8 nitrogen and oxygen atoms in total. The summed E-state index contributed by atoms with van der Waals surface area (Å²) in [5.74, 6) is 2.37. The van der Waals surface area contributed by atoms with E-state index in [0.29, 0.717) is 41.7 Å². The van der Waals surface area contributed by atoms with E-state index in [1.165, 1.54) is 0 Å². The zero-order chi connectivity index (χ0) is 22.8. The number of carbonyl (C=O) groups is 1. The molecule has 170 valence electrons. The Morgan fingerprint density at radius 1 is 1.03 bits per heavy atom. The van der Waals surface area contributed by atoms with Gasteiger partial charge in [-0.05, 0) is 25.6 Å². The predicted octanol–water partition coefficient (Wildman–Crippen LogP) is 3.75. The molecule has 1 fully saturated rings. The molecule has 3 aromatic rings. The van der Waals surface area contributed by atoms with E-state index in [2.05, 4.69) is 21.8 Å². The maximum absolute atomic E-state index is 13.4. The molecule has 0 spiro atoms. The molecule has 33 heavy (non-hydrogen) atoms. The zero-order valence-corrected chi connectivity index (χ0v) is 18.8. The van der Waals surface area contributed by atoms with E-state index >= 15 is 0 Å². The molecule has 1 amide bonds. The highest BCUT2D eigenvalue weighted by molar-refractivity contribution is 5.96. The van der Waals surface area contributed by atoms with E-state index in [-0.39, 0.29) is 18.6 Å². The molecule has 0 saturated carbocycles. The van der Waals surface area contributed by atoms with Crippen molar-refractivity contribution >= 4 is 5.91 Å². The molecule has 2 aromatic carbocycles. The third-order valence-corrected chi connectivity index (χ3v) is 5.96. The molecular formula is C25H26N4O4. The van der Waals surface area contributed by atoms with Crippen molar-refractivity contribution in [3.05, 3.63) is 59.8 Å². The highest BCUT2D eigenvalue weighted by Gasteiger charge is 2.26. The highest BCUT2D eigenvalue weighted by atomic mass is 16.7. The van der Waals surface area contributed by atoms with Crippen LogP contribution in [0.3, 0.4) is 0 Å². The fourth-order valence-electron chi connectivity index (χ4n) is 3.92. The van der Waals surface area contributed by atoms with E-state index in [0.717, 1.165) is 30.8 Å². The second kappa shape index (κ2) is 9.07. The van der Waals surface area contributed by atoms with Crippen LogP contribution >= 0.6 is 0 Å². The van der Waals surface area contributed by atoms with E-state index in [9.17, 15) is 4.79 Å². The smallest absolute Gasteiger partial charge is 0.261 e. The molecule has 1 aromatic heterocycles. The maximum Gasteiger partial charge on any atom is 0.261 e. The van der Waals surface area contributed by atoms with Crippen LogP contribution in [0.1, 0.15) is 22.8 Å². The van der Waals surface area contributed by atoms with Gasteiger partial charge in [-0.15, -0.1) is 0 Å². The highest BCUT2D eigenvalue weighted by Crippen LogP contribution is 2.37. The van der Waals surface area contributed by atoms with Gasteiger partial charge in [-0.1, -0.05) is 36.8 Å². The second-order valence-corrected chi connectivity index (χ2v) is 8.12. The number of aryl methyl sites for hydroxylation is 1. The largest absolute Gasteiger partial charge is 0.454 e. The van der Waals surface area contributed by atoms with E-state index in [1.54, 1.807) is 24.4 Å². The number of aromatic nitrogens is 2. The Kier molecular flexibility index (Phi) is 5.83. The van der Waals surface area contributed by atoms with Crippen molar-refractivity contribution in [1.82, 2.24) is 19.8 Å². The fourth-order valence-corrected chi connectivity index (χ4v) is 3.92. The maximum atomic E-state index is 13.4. The number of nitrogens with zero attached hydrogens (tertiary/aromatic N) is 4. The molecule has 3 heterocycles. The Morgan fingerprint density at radius 3 is 2.55 bits per heavy atom. The number of amides is 1. The number of benzene rings is 2. The van der Waals surface area contributed by atoms with Gasteiger partial charge in [-0.3, -0.25) is 4.79 Å². The van der Waals surface area contributed by atoms with Gasteiger partial charge in [0.25, 0.3) is 5.91 Å². The topological polar surface area (TPSA) is 77.0 Å². The quantitative estimate of drug-likeness (QED) is 0.591. The number of likely N-dealkylation sites (N-methyl/N-ethyl adjacent to an activating group) is 1. The molecule has 1 saturated heterocycles. The van der Waals surface area contributed by atoms with Crippen molar-refractivity contribution in [2.45, 2.75) is 13.8 Å². The Bertz CT molecular complexity index is 1160. The van der Waals surface area contributed by atoms with E-state index in [1.807, 2.05) is 36.1 Å². The summed E-state index contributed by atoms with van der Waals surface area (Å²) in [6.07, 6.45) is 1.57. The first kappa shape index (κ1) is 21.2. The second-order valence-electron chi connectivity index (χ2n) is 8.12. The van der Waals surface area contributed by atoms with Gasteiger partial charge in [-0.25, -0.2) is 4.98 Å². The molecular weight excluding hydrogens is 420 g/mol. The molecule has 5 rings (SSSR count). The summed E-state index contributed by atoms with van der Waals surface area (Å²) in [6, 6.07) is 13.2. The van der Waals surface area contributed by atoms with Crippen LogP contribution in [0.4, 0.5) is 0 Å². The monoisotopic (exact) mass is 446 g/mol. The fraction of sp³-hybridized carbons (Fsp3) is 0.320. The Hall–Kier alpha value is -3.65. The van der Waals surface area contributed by atoms with Crippen LogP contribution in [0.5, 0.6) is 23.1 Å². The van der Waals surface area contributed by atoms with Gasteiger partial charge < -0.3 is 24.0 Å². The molecule has 2 aliphatic heterocycles. The van der Waals surface area contributed by atoms with Crippen LogP contribution in [0.2, 0.25) is 0 Å². The standard InChI is InChI=1S/C25H26N4O4/c1-3-28-10-12-29(13-11-28)25(30)20-15-26-23(18-6-4-17(2)5-7-18)27-24(20)33-19-8-9-21-22(14-19)32-16-31-21/h4-9,14-15H,3,10-13,16H2,1-2H3. The van der Waals surface area contributed by atoms with Crippen LogP contribution in [0, 0.1) is 6.92 Å². The number of ether oxygens (including phenoxy) is 3. The van der Waals surface area contributed by atoms with Gasteiger partial charge >= 0.3 is 0 Å². The minimum Gasteiger partial charge on any atom is -0.454 e. The Labute approximate surface area is 192 Å². The minimum absolute atomic E-state index is 0.128. The molecule has 0 bridgehead atoms. The Morgan fingerprint density at radius 2 is 1.79 bits per heavy atom. The number of fused-ring (bicyclic) bond motifs is 1. The SMILES string of the molecule is CCN1CCN(C(=O)c2cnc(-c3ccc(C)cc3)nc2Oc2ccc3c(c2)OCO3)CC1. The molecule has 0 atom stereocenters. The van der Waals surface area contributed by atoms with Gasteiger partial charge in [0.1, 0.15) is 11.3 Å². The first-order valence-corrected chi connectivity index (χ1v) is 11.1. The van der Waals surface area contributed by atoms with Crippen LogP contribution in [-0.2, 0) is 0 Å². The van der Waals surface area contributed by atoms with Crippen molar-refractivity contribution < 1.29 is 19.0 Å². The number of hydrogen-bond donors (Lipinski definition) is 0. The van der Waals surface area contributed by atoms with Gasteiger partial charge in [-0.2, -0.15) is 4.98 Å². The lowest BCUT2D eigenvalue weighted by Crippen LogP contribution is -2.48. The first-order chi connectivity index (χ1) is 16.1. The molecule has 0 unspecified atom stereocenters. The molecule has 8 heteroatoms. The summed E-state index contributed by atoms with van der Waals surface area (Å²) in [4.78, 5) is 26.7. The summed E-state index contributed by atoms with van der Waals surface area (Å²) in [6.45, 7) is 8.34. The van der Waals surface area contributed by atoms with Crippen LogP contribution in [0.15, 0.2) is 48.7 Å². The van der Waals surface area contributed by atoms with Crippen molar-refractivity contribution in [3.63, 3.8) is 0 Å². The number of piperazine rings is 1. The lowest BCUT2D eigenvalue weighted by Gasteiger charge is -2.34. The third-order valence-electron chi connectivity index (χ3n) is 5.96. The van der Waals surface area contributed by atoms with E-state index in [4.69, 9.17) is 14.2 Å². The average molecular weight is 447 g/mol. The summed E-state index contributed by atoms with van der Waals surface area (Å²) >= 11 is 0. The molecule has 0 radical (unpaired) electrons. The normalized spacial score (nSPS) is 15.5. The van der Waals surface area contributed by atoms with Crippen LogP contribution in [-0.4, -0.2) is 65.2 Å². The third kappa shape index (κ3) is 4.47. The summed E-state index contributed by atoms with van der Waals surface area (Å²) in [5.41, 5.74) is 2.34. The van der Waals surface area contributed by atoms with Crippen molar-refractivity contribution in [1.29, 1.82) is 0 Å². The number of rotatable bonds is 5. The summed E-state index contributed by atoms with van der Waals surface area (Å²) in [7, 11) is 0. The molecule has 0 aliphatic carbocycles. The van der Waals surface area contributed by atoms with Crippen LogP contribution in [0.25, 0.3) is 11.4 Å². The average Bonchev–Trinajstić information content (AvgIpc) is 3.32.